The van der Waals surface area contributed by atoms with Crippen LogP contribution in [-0.4, -0.2) is 96.5 Å². The number of likely N-dealkylation sites (tertiary alicyclic amines) is 2. The SMILES string of the molecule is O=C1COc2ccccc2C[C@H](O)[C@H](O)CC2(CCN(C(=O)c3cccc(OCCN4CCCC4)c3)CC2)CN1. The van der Waals surface area contributed by atoms with E-state index in [1.54, 1.807) is 6.07 Å². The molecule has 9 heteroatoms. The monoisotopic (exact) mass is 551 g/mol. The molecule has 3 aliphatic rings. The van der Waals surface area contributed by atoms with Crippen molar-refractivity contribution in [2.75, 3.05) is 52.5 Å². The van der Waals surface area contributed by atoms with E-state index in [2.05, 4.69) is 10.2 Å². The highest BCUT2D eigenvalue weighted by molar-refractivity contribution is 5.94. The number of aliphatic hydroxyl groups is 2. The normalized spacial score (nSPS) is 23.9. The first-order valence-electron chi connectivity index (χ1n) is 14.5. The van der Waals surface area contributed by atoms with Gasteiger partial charge in [0.2, 0.25) is 0 Å². The highest BCUT2D eigenvalue weighted by atomic mass is 16.5. The first-order valence-corrected chi connectivity index (χ1v) is 14.5. The van der Waals surface area contributed by atoms with Crippen LogP contribution in [0.3, 0.4) is 0 Å². The Labute approximate surface area is 236 Å². The average molecular weight is 552 g/mol. The molecule has 216 valence electrons. The Balaban J connectivity index is 1.20. The zero-order valence-corrected chi connectivity index (χ0v) is 23.1. The second-order valence-corrected chi connectivity index (χ2v) is 11.4. The van der Waals surface area contributed by atoms with E-state index in [4.69, 9.17) is 9.47 Å². The standard InChI is InChI=1S/C31H41N3O6/c35-26-19-23-6-1-2-9-28(23)40-21-29(37)32-22-31(20-27(26)36)10-14-34(15-11-31)30(38)24-7-5-8-25(18-24)39-17-16-33-12-3-4-13-33/h1-2,5-9,18,26-27,35-36H,3-4,10-17,19-22H2,(H,32,37)/t26-,27+/m0/s1. The summed E-state index contributed by atoms with van der Waals surface area (Å²) >= 11 is 0. The van der Waals surface area contributed by atoms with Gasteiger partial charge in [0.1, 0.15) is 18.1 Å². The first kappa shape index (κ1) is 28.4. The van der Waals surface area contributed by atoms with Gasteiger partial charge in [-0.2, -0.15) is 0 Å². The largest absolute Gasteiger partial charge is 0.492 e. The minimum atomic E-state index is -0.971. The fourth-order valence-electron chi connectivity index (χ4n) is 6.07. The topological polar surface area (TPSA) is 112 Å². The van der Waals surface area contributed by atoms with E-state index in [1.807, 2.05) is 47.4 Å². The molecule has 3 N–H and O–H groups in total. The highest BCUT2D eigenvalue weighted by Crippen LogP contribution is 2.37. The summed E-state index contributed by atoms with van der Waals surface area (Å²) in [7, 11) is 0. The number of para-hydroxylation sites is 1. The number of benzene rings is 2. The Bertz CT molecular complexity index is 1160. The summed E-state index contributed by atoms with van der Waals surface area (Å²) in [5.74, 6) is 0.945. The molecule has 40 heavy (non-hydrogen) atoms. The van der Waals surface area contributed by atoms with Crippen LogP contribution >= 0.6 is 0 Å². The number of piperidine rings is 1. The van der Waals surface area contributed by atoms with Crippen molar-refractivity contribution in [2.24, 2.45) is 5.41 Å². The molecule has 2 amide bonds. The van der Waals surface area contributed by atoms with Crippen LogP contribution in [0.5, 0.6) is 11.5 Å². The Morgan fingerprint density at radius 3 is 2.60 bits per heavy atom. The molecule has 0 aliphatic carbocycles. The summed E-state index contributed by atoms with van der Waals surface area (Å²) in [5, 5.41) is 24.8. The van der Waals surface area contributed by atoms with Crippen molar-refractivity contribution in [1.82, 2.24) is 15.1 Å². The number of carbonyl (C=O) groups excluding carboxylic acids is 2. The van der Waals surface area contributed by atoms with E-state index in [0.29, 0.717) is 62.6 Å². The number of aliphatic hydroxyl groups excluding tert-OH is 2. The molecule has 2 aromatic rings. The summed E-state index contributed by atoms with van der Waals surface area (Å²) in [6.07, 6.45) is 2.33. The molecule has 2 saturated heterocycles. The van der Waals surface area contributed by atoms with Crippen LogP contribution in [-0.2, 0) is 11.2 Å². The fraction of sp³-hybridized carbons (Fsp3) is 0.548. The molecule has 9 nitrogen and oxygen atoms in total. The van der Waals surface area contributed by atoms with E-state index in [0.717, 1.165) is 25.2 Å². The number of ether oxygens (including phenoxy) is 2. The van der Waals surface area contributed by atoms with Crippen molar-refractivity contribution in [2.45, 2.75) is 50.7 Å². The third-order valence-electron chi connectivity index (χ3n) is 8.57. The molecule has 1 spiro atoms. The van der Waals surface area contributed by atoms with E-state index < -0.39 is 17.6 Å². The molecule has 5 rings (SSSR count). The van der Waals surface area contributed by atoms with Gasteiger partial charge in [-0.3, -0.25) is 14.5 Å². The Morgan fingerprint density at radius 2 is 1.80 bits per heavy atom. The van der Waals surface area contributed by atoms with Crippen molar-refractivity contribution < 1.29 is 29.3 Å². The Hall–Kier alpha value is -3.14. The zero-order chi connectivity index (χ0) is 28.0. The lowest BCUT2D eigenvalue weighted by atomic mass is 9.73. The summed E-state index contributed by atoms with van der Waals surface area (Å²) in [5.41, 5.74) is 0.901. The molecule has 2 atom stereocenters. The third kappa shape index (κ3) is 7.13. The molecule has 0 bridgehead atoms. The number of rotatable bonds is 5. The van der Waals surface area contributed by atoms with Gasteiger partial charge < -0.3 is 29.9 Å². The van der Waals surface area contributed by atoms with E-state index in [9.17, 15) is 19.8 Å². The molecular weight excluding hydrogens is 510 g/mol. The van der Waals surface area contributed by atoms with Crippen LogP contribution in [0.4, 0.5) is 0 Å². The highest BCUT2D eigenvalue weighted by Gasteiger charge is 2.40. The van der Waals surface area contributed by atoms with E-state index in [-0.39, 0.29) is 24.8 Å². The number of hydrogen-bond acceptors (Lipinski definition) is 7. The minimum Gasteiger partial charge on any atom is -0.492 e. The van der Waals surface area contributed by atoms with Gasteiger partial charge in [0, 0.05) is 38.2 Å². The van der Waals surface area contributed by atoms with Crippen LogP contribution in [0.2, 0.25) is 0 Å². The quantitative estimate of drug-likeness (QED) is 0.523. The van der Waals surface area contributed by atoms with Crippen LogP contribution in [0, 0.1) is 5.41 Å². The van der Waals surface area contributed by atoms with Crippen LogP contribution in [0.25, 0.3) is 0 Å². The lowest BCUT2D eigenvalue weighted by Crippen LogP contribution is -2.51. The van der Waals surface area contributed by atoms with Gasteiger partial charge in [0.05, 0.1) is 12.2 Å². The van der Waals surface area contributed by atoms with Crippen molar-refractivity contribution >= 4 is 11.8 Å². The second kappa shape index (κ2) is 13.0. The predicted octanol–water partition coefficient (Wildman–Crippen LogP) is 2.25. The second-order valence-electron chi connectivity index (χ2n) is 11.4. The minimum absolute atomic E-state index is 0.0531. The molecule has 2 aromatic carbocycles. The van der Waals surface area contributed by atoms with E-state index >= 15 is 0 Å². The predicted molar refractivity (Wildman–Crippen MR) is 150 cm³/mol. The molecule has 0 radical (unpaired) electrons. The zero-order valence-electron chi connectivity index (χ0n) is 23.1. The van der Waals surface area contributed by atoms with Gasteiger partial charge in [0.15, 0.2) is 6.61 Å². The summed E-state index contributed by atoms with van der Waals surface area (Å²) < 4.78 is 11.7. The lowest BCUT2D eigenvalue weighted by Gasteiger charge is -2.43. The van der Waals surface area contributed by atoms with Gasteiger partial charge in [-0.15, -0.1) is 0 Å². The summed E-state index contributed by atoms with van der Waals surface area (Å²) in [4.78, 5) is 30.2. The van der Waals surface area contributed by atoms with Crippen LogP contribution < -0.4 is 14.8 Å². The molecule has 0 saturated carbocycles. The molecule has 0 unspecified atom stereocenters. The lowest BCUT2D eigenvalue weighted by molar-refractivity contribution is -0.124. The maximum Gasteiger partial charge on any atom is 0.257 e. The van der Waals surface area contributed by atoms with Crippen molar-refractivity contribution in [3.63, 3.8) is 0 Å². The summed E-state index contributed by atoms with van der Waals surface area (Å²) in [6.45, 7) is 4.96. The maximum atomic E-state index is 13.4. The van der Waals surface area contributed by atoms with Crippen LogP contribution in [0.1, 0.15) is 48.0 Å². The van der Waals surface area contributed by atoms with Gasteiger partial charge in [-0.05, 0) is 80.4 Å². The number of fused-ring (bicyclic) bond motifs is 1. The number of nitrogens with one attached hydrogen (secondary N) is 1. The van der Waals surface area contributed by atoms with Crippen molar-refractivity contribution in [1.29, 1.82) is 0 Å². The third-order valence-corrected chi connectivity index (χ3v) is 8.57. The molecule has 3 heterocycles. The van der Waals surface area contributed by atoms with Crippen LogP contribution in [0.15, 0.2) is 48.5 Å². The number of nitrogens with zero attached hydrogens (tertiary/aromatic N) is 2. The maximum absolute atomic E-state index is 13.4. The fourth-order valence-corrected chi connectivity index (χ4v) is 6.07. The van der Waals surface area contributed by atoms with E-state index in [1.165, 1.54) is 12.8 Å². The van der Waals surface area contributed by atoms with Gasteiger partial charge in [0.25, 0.3) is 11.8 Å². The Kier molecular flexibility index (Phi) is 9.24. The molecular formula is C31H41N3O6. The Morgan fingerprint density at radius 1 is 1.02 bits per heavy atom. The van der Waals surface area contributed by atoms with Gasteiger partial charge in [-0.1, -0.05) is 24.3 Å². The molecule has 3 aliphatic heterocycles. The van der Waals surface area contributed by atoms with Gasteiger partial charge >= 0.3 is 0 Å². The smallest absolute Gasteiger partial charge is 0.257 e. The average Bonchev–Trinajstić information content (AvgIpc) is 3.49. The number of hydrogen-bond donors (Lipinski definition) is 3. The number of amides is 2. The number of carbonyl (C=O) groups is 2. The molecule has 2 fully saturated rings. The van der Waals surface area contributed by atoms with Crippen molar-refractivity contribution in [3.8, 4) is 11.5 Å². The summed E-state index contributed by atoms with van der Waals surface area (Å²) in [6, 6.07) is 14.6. The molecule has 0 aromatic heterocycles. The first-order chi connectivity index (χ1) is 19.4. The van der Waals surface area contributed by atoms with Crippen molar-refractivity contribution in [3.05, 3.63) is 59.7 Å². The van der Waals surface area contributed by atoms with Gasteiger partial charge in [-0.25, -0.2) is 0 Å².